The van der Waals surface area contributed by atoms with Crippen LogP contribution in [0, 0.1) is 5.92 Å². The quantitative estimate of drug-likeness (QED) is 0.0169. The van der Waals surface area contributed by atoms with E-state index in [0.29, 0.717) is 31.6 Å². The first-order valence-corrected chi connectivity index (χ1v) is 40.3. The molecule has 0 aromatic heterocycles. The molecule has 0 bridgehead atoms. The summed E-state index contributed by atoms with van der Waals surface area (Å²) in [7, 11) is -9.93. The number of allylic oxidation sites excluding steroid dienone is 8. The Labute approximate surface area is 566 Å². The monoisotopic (exact) mass is 1360 g/mol. The number of hydrogen-bond acceptors (Lipinski definition) is 15. The summed E-state index contributed by atoms with van der Waals surface area (Å²) in [5.74, 6) is -1.48. The predicted molar refractivity (Wildman–Crippen MR) is 377 cm³/mol. The van der Waals surface area contributed by atoms with Gasteiger partial charge in [0.15, 0.2) is 12.2 Å². The molecule has 0 fully saturated rings. The minimum Gasteiger partial charge on any atom is -0.462 e. The van der Waals surface area contributed by atoms with Crippen molar-refractivity contribution in [3.63, 3.8) is 0 Å². The van der Waals surface area contributed by atoms with E-state index in [1.807, 2.05) is 0 Å². The molecule has 0 aliphatic heterocycles. The van der Waals surface area contributed by atoms with Gasteiger partial charge in [0.25, 0.3) is 0 Å². The van der Waals surface area contributed by atoms with E-state index in [1.165, 1.54) is 122 Å². The second-order valence-corrected chi connectivity index (χ2v) is 28.7. The van der Waals surface area contributed by atoms with Crippen molar-refractivity contribution >= 4 is 39.5 Å². The zero-order chi connectivity index (χ0) is 68.4. The number of aliphatic hydroxyl groups excluding tert-OH is 1. The van der Waals surface area contributed by atoms with E-state index in [-0.39, 0.29) is 25.7 Å². The number of carbonyl (C=O) groups is 4. The Kier molecular flexibility index (Phi) is 64.1. The molecule has 0 radical (unpaired) electrons. The van der Waals surface area contributed by atoms with Crippen LogP contribution in [0.4, 0.5) is 0 Å². The summed E-state index contributed by atoms with van der Waals surface area (Å²) in [5.41, 5.74) is 0. The summed E-state index contributed by atoms with van der Waals surface area (Å²) in [4.78, 5) is 72.6. The number of carbonyl (C=O) groups excluding carboxylic acids is 4. The summed E-state index contributed by atoms with van der Waals surface area (Å²) in [6.07, 6.45) is 59.9. The zero-order valence-electron chi connectivity index (χ0n) is 59.4. The molecule has 0 rings (SSSR count). The fraction of sp³-hybridized carbons (Fsp3) is 0.838. The van der Waals surface area contributed by atoms with Crippen LogP contribution in [0.15, 0.2) is 48.6 Å². The number of phosphoric acid groups is 2. The highest BCUT2D eigenvalue weighted by Gasteiger charge is 2.30. The van der Waals surface area contributed by atoms with Crippen LogP contribution in [0.1, 0.15) is 336 Å². The average molecular weight is 1360 g/mol. The minimum absolute atomic E-state index is 0.0782. The van der Waals surface area contributed by atoms with Crippen LogP contribution in [-0.4, -0.2) is 96.7 Å². The maximum atomic E-state index is 13.0. The first-order chi connectivity index (χ1) is 45.0. The van der Waals surface area contributed by atoms with Crippen LogP contribution in [-0.2, 0) is 65.4 Å². The zero-order valence-corrected chi connectivity index (χ0v) is 61.1. The van der Waals surface area contributed by atoms with Gasteiger partial charge in [-0.25, -0.2) is 9.13 Å². The van der Waals surface area contributed by atoms with Gasteiger partial charge in [0.1, 0.15) is 19.3 Å². The van der Waals surface area contributed by atoms with E-state index in [2.05, 4.69) is 83.2 Å². The van der Waals surface area contributed by atoms with Crippen LogP contribution in [0.25, 0.3) is 0 Å². The maximum Gasteiger partial charge on any atom is 0.472 e. The van der Waals surface area contributed by atoms with E-state index >= 15 is 0 Å². The van der Waals surface area contributed by atoms with E-state index < -0.39 is 97.5 Å². The third-order valence-corrected chi connectivity index (χ3v) is 17.9. The summed E-state index contributed by atoms with van der Waals surface area (Å²) in [5, 5.41) is 10.6. The second-order valence-electron chi connectivity index (χ2n) is 25.8. The Morgan fingerprint density at radius 1 is 0.333 bits per heavy atom. The molecule has 3 N–H and O–H groups in total. The molecule has 0 aromatic carbocycles. The van der Waals surface area contributed by atoms with E-state index in [9.17, 15) is 43.2 Å². The van der Waals surface area contributed by atoms with Gasteiger partial charge in [-0.05, 0) is 83.0 Å². The van der Waals surface area contributed by atoms with Gasteiger partial charge in [-0.3, -0.25) is 37.3 Å². The van der Waals surface area contributed by atoms with Gasteiger partial charge >= 0.3 is 39.5 Å². The number of ether oxygens (including phenoxy) is 4. The molecule has 0 aliphatic carbocycles. The lowest BCUT2D eigenvalue weighted by Gasteiger charge is -2.21. The highest BCUT2D eigenvalue weighted by atomic mass is 31.2. The van der Waals surface area contributed by atoms with Gasteiger partial charge in [-0.2, -0.15) is 0 Å². The molecule has 0 saturated carbocycles. The Balaban J connectivity index is 5.32. The Morgan fingerprint density at radius 2 is 0.581 bits per heavy atom. The maximum absolute atomic E-state index is 13.0. The molecule has 0 spiro atoms. The molecule has 0 amide bonds. The lowest BCUT2D eigenvalue weighted by molar-refractivity contribution is -0.161. The molecule has 93 heavy (non-hydrogen) atoms. The number of unbranched alkanes of at least 4 members (excludes halogenated alkanes) is 36. The molecular weight excluding hydrogens is 1220 g/mol. The first-order valence-electron chi connectivity index (χ1n) is 37.3. The van der Waals surface area contributed by atoms with Gasteiger partial charge in [0.05, 0.1) is 26.4 Å². The molecule has 544 valence electrons. The van der Waals surface area contributed by atoms with Crippen molar-refractivity contribution in [2.45, 2.75) is 355 Å². The highest BCUT2D eigenvalue weighted by Crippen LogP contribution is 2.45. The molecular formula is C74H136O17P2. The number of hydrogen-bond donors (Lipinski definition) is 3. The molecule has 0 heterocycles. The highest BCUT2D eigenvalue weighted by molar-refractivity contribution is 7.47. The van der Waals surface area contributed by atoms with Gasteiger partial charge < -0.3 is 33.8 Å². The first kappa shape index (κ1) is 90.0. The smallest absolute Gasteiger partial charge is 0.462 e. The number of rotatable bonds is 70. The fourth-order valence-corrected chi connectivity index (χ4v) is 11.8. The summed E-state index contributed by atoms with van der Waals surface area (Å²) < 4.78 is 68.3. The lowest BCUT2D eigenvalue weighted by atomic mass is 10.0. The number of esters is 4. The normalized spacial score (nSPS) is 14.3. The van der Waals surface area contributed by atoms with Crippen molar-refractivity contribution in [1.29, 1.82) is 0 Å². The van der Waals surface area contributed by atoms with E-state index in [1.54, 1.807) is 0 Å². The third-order valence-electron chi connectivity index (χ3n) is 16.0. The number of aliphatic hydroxyl groups is 1. The Hall–Kier alpha value is -2.98. The topological polar surface area (TPSA) is 237 Å². The lowest BCUT2D eigenvalue weighted by Crippen LogP contribution is -2.30. The summed E-state index contributed by atoms with van der Waals surface area (Å²) in [6.45, 7) is 7.08. The SMILES string of the molecule is CCCCCC/C=C\C=C/CCCCCCCC(=O)OC[C@H](COP(=O)(O)OC[C@@H](O)COP(=O)(O)OC[C@@H](COC(=O)CCCCCCCCCC(C)C)OC(=O)CCCCCCCCCCCCCCC)OC(=O)CCCCCCC/C=C\C=C/CCCCCC. The number of phosphoric ester groups is 2. The van der Waals surface area contributed by atoms with Crippen molar-refractivity contribution in [3.05, 3.63) is 48.6 Å². The van der Waals surface area contributed by atoms with E-state index in [0.717, 1.165) is 128 Å². The molecule has 5 atom stereocenters. The van der Waals surface area contributed by atoms with Crippen LogP contribution in [0.3, 0.4) is 0 Å². The summed E-state index contributed by atoms with van der Waals surface area (Å²) >= 11 is 0. The van der Waals surface area contributed by atoms with E-state index in [4.69, 9.17) is 37.0 Å². The molecule has 19 heteroatoms. The van der Waals surface area contributed by atoms with Crippen molar-refractivity contribution < 1.29 is 80.2 Å². The largest absolute Gasteiger partial charge is 0.472 e. The molecule has 2 unspecified atom stereocenters. The molecule has 0 aromatic rings. The van der Waals surface area contributed by atoms with Gasteiger partial charge in [0, 0.05) is 25.7 Å². The minimum atomic E-state index is -4.97. The third kappa shape index (κ3) is 67.4. The van der Waals surface area contributed by atoms with Crippen molar-refractivity contribution in [2.75, 3.05) is 39.6 Å². The Morgan fingerprint density at radius 3 is 0.882 bits per heavy atom. The second kappa shape index (κ2) is 66.3. The molecule has 17 nitrogen and oxygen atoms in total. The molecule has 0 saturated heterocycles. The summed E-state index contributed by atoms with van der Waals surface area (Å²) in [6, 6.07) is 0. The average Bonchev–Trinajstić information content (AvgIpc) is 3.37. The van der Waals surface area contributed by atoms with Crippen LogP contribution >= 0.6 is 15.6 Å². The van der Waals surface area contributed by atoms with Gasteiger partial charge in [-0.1, -0.05) is 282 Å². The van der Waals surface area contributed by atoms with Crippen molar-refractivity contribution in [3.8, 4) is 0 Å². The van der Waals surface area contributed by atoms with Crippen LogP contribution in [0.2, 0.25) is 0 Å². The van der Waals surface area contributed by atoms with Crippen LogP contribution in [0.5, 0.6) is 0 Å². The standard InChI is InChI=1S/C74H136O17P2/c1-6-9-12-15-18-21-24-27-29-32-34-37-42-47-52-57-71(76)84-63-69(90-74(79)60-55-50-44-39-36-33-30-28-25-22-19-16-13-10-7-2)65-88-92(80,81)86-61-68(75)62-87-93(82,83)89-66-70(64-85-72(77)58-53-48-45-40-41-46-51-56-67(4)5)91-73(78)59-54-49-43-38-35-31-26-23-20-17-14-11-8-3/h21-22,24-25,27-30,67-70,75H,6-20,23,26,31-66H2,1-5H3,(H,80,81)(H,82,83)/b24-21-,25-22-,29-27-,30-28-/t68-,69-,70-/m1/s1. The van der Waals surface area contributed by atoms with Crippen molar-refractivity contribution in [2.24, 2.45) is 5.92 Å². The predicted octanol–water partition coefficient (Wildman–Crippen LogP) is 20.8. The van der Waals surface area contributed by atoms with Gasteiger partial charge in [0.2, 0.25) is 0 Å². The fourth-order valence-electron chi connectivity index (χ4n) is 10.3. The van der Waals surface area contributed by atoms with Crippen LogP contribution < -0.4 is 0 Å². The van der Waals surface area contributed by atoms with Gasteiger partial charge in [-0.15, -0.1) is 0 Å². The van der Waals surface area contributed by atoms with Crippen molar-refractivity contribution in [1.82, 2.24) is 0 Å². The Bertz CT molecular complexity index is 1980. The molecule has 0 aliphatic rings.